The molecule has 26 heavy (non-hydrogen) atoms. The molecule has 134 valence electrons. The van der Waals surface area contributed by atoms with Gasteiger partial charge < -0.3 is 14.6 Å². The first-order valence-corrected chi connectivity index (χ1v) is 8.94. The Morgan fingerprint density at radius 2 is 1.92 bits per heavy atom. The highest BCUT2D eigenvalue weighted by atomic mass is 16.3. The molecule has 5 heteroatoms. The van der Waals surface area contributed by atoms with E-state index in [4.69, 9.17) is 4.42 Å². The van der Waals surface area contributed by atoms with Crippen LogP contribution in [0.2, 0.25) is 0 Å². The number of aromatic nitrogens is 1. The third-order valence-corrected chi connectivity index (χ3v) is 4.70. The Hall–Kier alpha value is -2.82. The van der Waals surface area contributed by atoms with E-state index >= 15 is 0 Å². The molecule has 1 aliphatic rings. The predicted molar refractivity (Wildman–Crippen MR) is 102 cm³/mol. The number of rotatable bonds is 1. The van der Waals surface area contributed by atoms with Crippen molar-refractivity contribution in [2.24, 2.45) is 0 Å². The maximum Gasteiger partial charge on any atom is 0.322 e. The average Bonchev–Trinajstić information content (AvgIpc) is 3.05. The molecule has 0 aliphatic carbocycles. The zero-order chi connectivity index (χ0) is 18.3. The number of benzene rings is 2. The van der Waals surface area contributed by atoms with Gasteiger partial charge in [-0.25, -0.2) is 9.78 Å². The molecule has 2 aromatic carbocycles. The summed E-state index contributed by atoms with van der Waals surface area (Å²) >= 11 is 0. The van der Waals surface area contributed by atoms with Crippen LogP contribution in [-0.2, 0) is 18.4 Å². The molecule has 1 aliphatic heterocycles. The number of nitrogens with one attached hydrogen (secondary N) is 1. The molecule has 3 aromatic rings. The molecule has 4 rings (SSSR count). The summed E-state index contributed by atoms with van der Waals surface area (Å²) in [6.45, 7) is 7.56. The fourth-order valence-electron chi connectivity index (χ4n) is 3.20. The van der Waals surface area contributed by atoms with Crippen LogP contribution in [0.5, 0.6) is 0 Å². The molecule has 0 saturated heterocycles. The van der Waals surface area contributed by atoms with E-state index in [0.717, 1.165) is 29.8 Å². The first-order valence-electron chi connectivity index (χ1n) is 8.94. The number of amides is 2. The summed E-state index contributed by atoms with van der Waals surface area (Å²) in [5.41, 5.74) is 4.63. The summed E-state index contributed by atoms with van der Waals surface area (Å²) < 4.78 is 5.81. The monoisotopic (exact) mass is 349 g/mol. The van der Waals surface area contributed by atoms with Crippen molar-refractivity contribution < 1.29 is 9.21 Å². The van der Waals surface area contributed by atoms with Gasteiger partial charge in [-0.2, -0.15) is 0 Å². The van der Waals surface area contributed by atoms with E-state index in [-0.39, 0.29) is 11.4 Å². The minimum absolute atomic E-state index is 0.0848. The van der Waals surface area contributed by atoms with Crippen LogP contribution in [0.15, 0.2) is 46.9 Å². The average molecular weight is 349 g/mol. The predicted octanol–water partition coefficient (Wildman–Crippen LogP) is 4.72. The van der Waals surface area contributed by atoms with Crippen LogP contribution in [0.3, 0.4) is 0 Å². The third kappa shape index (κ3) is 3.17. The molecule has 0 spiro atoms. The summed E-state index contributed by atoms with van der Waals surface area (Å²) in [6.07, 6.45) is 0.890. The van der Waals surface area contributed by atoms with E-state index < -0.39 is 0 Å². The number of urea groups is 1. The molecular formula is C21H23N3O2. The van der Waals surface area contributed by atoms with E-state index in [9.17, 15) is 4.79 Å². The Morgan fingerprint density at radius 3 is 2.69 bits per heavy atom. The van der Waals surface area contributed by atoms with Gasteiger partial charge >= 0.3 is 6.03 Å². The number of oxazole rings is 1. The van der Waals surface area contributed by atoms with E-state index in [1.807, 2.05) is 35.2 Å². The summed E-state index contributed by atoms with van der Waals surface area (Å²) in [5.74, 6) is 0.698. The van der Waals surface area contributed by atoms with Crippen LogP contribution in [0.1, 0.15) is 37.8 Å². The molecule has 0 atom stereocenters. The van der Waals surface area contributed by atoms with Crippen molar-refractivity contribution in [3.05, 3.63) is 59.5 Å². The lowest BCUT2D eigenvalue weighted by atomic mass is 9.97. The number of anilines is 1. The molecule has 0 radical (unpaired) electrons. The standard InChI is InChI=1S/C21H23N3O2/c1-21(2,3)19-23-17-12-16(8-9-18(17)26-19)22-20(25)24-11-10-14-6-4-5-7-15(14)13-24/h4-9,12H,10-11,13H2,1-3H3,(H,22,25). The molecule has 0 bridgehead atoms. The van der Waals surface area contributed by atoms with Gasteiger partial charge in [0.2, 0.25) is 5.89 Å². The highest BCUT2D eigenvalue weighted by Crippen LogP contribution is 2.27. The van der Waals surface area contributed by atoms with Gasteiger partial charge in [-0.15, -0.1) is 0 Å². The summed E-state index contributed by atoms with van der Waals surface area (Å²) in [4.78, 5) is 19.1. The molecule has 5 nitrogen and oxygen atoms in total. The molecule has 2 heterocycles. The SMILES string of the molecule is CC(C)(C)c1nc2cc(NC(=O)N3CCc4ccccc4C3)ccc2o1. The van der Waals surface area contributed by atoms with E-state index in [1.54, 1.807) is 0 Å². The Bertz CT molecular complexity index is 969. The molecule has 2 amide bonds. The summed E-state index contributed by atoms with van der Waals surface area (Å²) in [5, 5.41) is 2.99. The number of carbonyl (C=O) groups is 1. The minimum Gasteiger partial charge on any atom is -0.440 e. The molecular weight excluding hydrogens is 326 g/mol. The molecule has 1 aromatic heterocycles. The van der Waals surface area contributed by atoms with Crippen molar-refractivity contribution in [1.82, 2.24) is 9.88 Å². The van der Waals surface area contributed by atoms with Gasteiger partial charge in [0.1, 0.15) is 5.52 Å². The molecule has 0 fully saturated rings. The van der Waals surface area contributed by atoms with Crippen molar-refractivity contribution in [3.63, 3.8) is 0 Å². The normalized spacial score (nSPS) is 14.3. The lowest BCUT2D eigenvalue weighted by Crippen LogP contribution is -2.38. The Labute approximate surface area is 153 Å². The second-order valence-corrected chi connectivity index (χ2v) is 7.82. The van der Waals surface area contributed by atoms with Crippen molar-refractivity contribution >= 4 is 22.8 Å². The first kappa shape index (κ1) is 16.6. The van der Waals surface area contributed by atoms with E-state index in [0.29, 0.717) is 12.4 Å². The van der Waals surface area contributed by atoms with Crippen molar-refractivity contribution in [1.29, 1.82) is 0 Å². The van der Waals surface area contributed by atoms with Crippen LogP contribution in [0.4, 0.5) is 10.5 Å². The first-order chi connectivity index (χ1) is 12.4. The van der Waals surface area contributed by atoms with Gasteiger partial charge in [0.15, 0.2) is 5.58 Å². The quantitative estimate of drug-likeness (QED) is 0.692. The van der Waals surface area contributed by atoms with Crippen molar-refractivity contribution in [2.45, 2.75) is 39.2 Å². The van der Waals surface area contributed by atoms with Crippen LogP contribution >= 0.6 is 0 Å². The van der Waals surface area contributed by atoms with Gasteiger partial charge in [-0.05, 0) is 35.7 Å². The van der Waals surface area contributed by atoms with E-state index in [2.05, 4.69) is 43.2 Å². The second-order valence-electron chi connectivity index (χ2n) is 7.82. The number of carbonyl (C=O) groups excluding carboxylic acids is 1. The van der Waals surface area contributed by atoms with Gasteiger partial charge in [0.25, 0.3) is 0 Å². The van der Waals surface area contributed by atoms with Gasteiger partial charge in [0.05, 0.1) is 0 Å². The Kier molecular flexibility index (Phi) is 3.94. The minimum atomic E-state index is -0.149. The van der Waals surface area contributed by atoms with Crippen LogP contribution in [0, 0.1) is 0 Å². The van der Waals surface area contributed by atoms with Crippen LogP contribution in [0.25, 0.3) is 11.1 Å². The molecule has 1 N–H and O–H groups in total. The maximum atomic E-state index is 12.6. The number of fused-ring (bicyclic) bond motifs is 2. The number of nitrogens with zero attached hydrogens (tertiary/aromatic N) is 2. The number of hydrogen-bond donors (Lipinski definition) is 1. The second kappa shape index (κ2) is 6.16. The van der Waals surface area contributed by atoms with Crippen molar-refractivity contribution in [3.8, 4) is 0 Å². The Morgan fingerprint density at radius 1 is 1.15 bits per heavy atom. The van der Waals surface area contributed by atoms with Crippen molar-refractivity contribution in [2.75, 3.05) is 11.9 Å². The zero-order valence-electron chi connectivity index (χ0n) is 15.4. The summed E-state index contributed by atoms with van der Waals surface area (Å²) in [7, 11) is 0. The fourth-order valence-corrected chi connectivity index (χ4v) is 3.20. The topological polar surface area (TPSA) is 58.4 Å². The zero-order valence-corrected chi connectivity index (χ0v) is 15.4. The van der Waals surface area contributed by atoms with Crippen LogP contribution in [-0.4, -0.2) is 22.5 Å². The lowest BCUT2D eigenvalue weighted by Gasteiger charge is -2.28. The van der Waals surface area contributed by atoms with Crippen LogP contribution < -0.4 is 5.32 Å². The van der Waals surface area contributed by atoms with Gasteiger partial charge in [-0.1, -0.05) is 45.0 Å². The van der Waals surface area contributed by atoms with E-state index in [1.165, 1.54) is 11.1 Å². The highest BCUT2D eigenvalue weighted by Gasteiger charge is 2.22. The van der Waals surface area contributed by atoms with Gasteiger partial charge in [-0.3, -0.25) is 0 Å². The third-order valence-electron chi connectivity index (χ3n) is 4.70. The lowest BCUT2D eigenvalue weighted by molar-refractivity contribution is 0.206. The fraction of sp³-hybridized carbons (Fsp3) is 0.333. The smallest absolute Gasteiger partial charge is 0.322 e. The Balaban J connectivity index is 1.51. The highest BCUT2D eigenvalue weighted by molar-refractivity contribution is 5.91. The van der Waals surface area contributed by atoms with Gasteiger partial charge in [0, 0.05) is 24.2 Å². The maximum absolute atomic E-state index is 12.6. The molecule has 0 unspecified atom stereocenters. The summed E-state index contributed by atoms with van der Waals surface area (Å²) in [6, 6.07) is 13.8. The molecule has 0 saturated carbocycles. The number of hydrogen-bond acceptors (Lipinski definition) is 3. The largest absolute Gasteiger partial charge is 0.440 e.